The third-order valence-corrected chi connectivity index (χ3v) is 3.93. The molecule has 0 aromatic carbocycles. The molecule has 0 unspecified atom stereocenters. The van der Waals surface area contributed by atoms with Crippen molar-refractivity contribution in [3.05, 3.63) is 24.3 Å². The summed E-state index contributed by atoms with van der Waals surface area (Å²) in [6, 6.07) is 0. The highest BCUT2D eigenvalue weighted by atomic mass is 32.2. The lowest BCUT2D eigenvalue weighted by atomic mass is 10.3. The monoisotopic (exact) mass is 319 g/mol. The number of quaternary nitrogens is 1. The molecule has 122 valence electrons. The van der Waals surface area contributed by atoms with Crippen molar-refractivity contribution in [3.63, 3.8) is 0 Å². The van der Waals surface area contributed by atoms with Crippen LogP contribution in [-0.4, -0.2) is 74.8 Å². The van der Waals surface area contributed by atoms with E-state index in [0.717, 1.165) is 0 Å². The van der Waals surface area contributed by atoms with Gasteiger partial charge in [-0.25, -0.2) is 0 Å². The van der Waals surface area contributed by atoms with E-state index in [4.69, 9.17) is 4.55 Å². The van der Waals surface area contributed by atoms with E-state index in [0.29, 0.717) is 30.5 Å². The number of carbonyl (C=O) groups excluding carboxylic acids is 1. The predicted molar refractivity (Wildman–Crippen MR) is 84.5 cm³/mol. The van der Waals surface area contributed by atoms with E-state index in [-0.39, 0.29) is 11.7 Å². The average Bonchev–Trinajstić information content (AvgIpc) is 2.34. The van der Waals surface area contributed by atoms with Gasteiger partial charge in [0.05, 0.1) is 39.5 Å². The van der Waals surface area contributed by atoms with E-state index in [2.05, 4.69) is 0 Å². The van der Waals surface area contributed by atoms with E-state index < -0.39 is 10.1 Å². The van der Waals surface area contributed by atoms with Crippen LogP contribution >= 0.6 is 0 Å². The summed E-state index contributed by atoms with van der Waals surface area (Å²) in [7, 11) is 1.78. The van der Waals surface area contributed by atoms with Crippen LogP contribution in [0.25, 0.3) is 0 Å². The third kappa shape index (κ3) is 11.2. The Bertz CT molecular complexity index is 481. The van der Waals surface area contributed by atoms with Crippen molar-refractivity contribution in [2.24, 2.45) is 0 Å². The lowest BCUT2D eigenvalue weighted by molar-refractivity contribution is -0.889. The molecule has 1 N–H and O–H groups in total. The minimum Gasteiger partial charge on any atom is -0.337 e. The Morgan fingerprint density at radius 3 is 2.38 bits per heavy atom. The maximum absolute atomic E-state index is 11.8. The van der Waals surface area contributed by atoms with Gasteiger partial charge in [0.15, 0.2) is 0 Å². The Labute approximate surface area is 128 Å². The second-order valence-electron chi connectivity index (χ2n) is 5.67. The van der Waals surface area contributed by atoms with Gasteiger partial charge in [-0.15, -0.1) is 0 Å². The summed E-state index contributed by atoms with van der Waals surface area (Å²) in [5, 5.41) is 0. The molecular formula is C14H27N2O4S+. The zero-order valence-electron chi connectivity index (χ0n) is 13.3. The van der Waals surface area contributed by atoms with E-state index in [1.807, 2.05) is 27.1 Å². The minimum absolute atomic E-state index is 0.0639. The van der Waals surface area contributed by atoms with Crippen molar-refractivity contribution in [2.45, 2.75) is 13.3 Å². The highest BCUT2D eigenvalue weighted by Crippen LogP contribution is 2.02. The normalized spacial score (nSPS) is 13.2. The highest BCUT2D eigenvalue weighted by molar-refractivity contribution is 7.85. The Balaban J connectivity index is 4.20. The molecule has 6 nitrogen and oxygen atoms in total. The number of carbonyl (C=O) groups is 1. The maximum Gasteiger partial charge on any atom is 0.265 e. The molecule has 0 saturated heterocycles. The van der Waals surface area contributed by atoms with Crippen molar-refractivity contribution in [2.75, 3.05) is 46.5 Å². The number of nitrogens with zero attached hydrogens (tertiary/aromatic N) is 2. The summed E-state index contributed by atoms with van der Waals surface area (Å²) in [6.45, 7) is 3.80. The van der Waals surface area contributed by atoms with Crippen LogP contribution in [0.4, 0.5) is 0 Å². The van der Waals surface area contributed by atoms with E-state index in [1.54, 1.807) is 24.1 Å². The van der Waals surface area contributed by atoms with Crippen molar-refractivity contribution in [1.29, 1.82) is 0 Å². The summed E-state index contributed by atoms with van der Waals surface area (Å²) in [6.07, 6.45) is 7.24. The van der Waals surface area contributed by atoms with Crippen LogP contribution in [0.5, 0.6) is 0 Å². The maximum atomic E-state index is 11.8. The van der Waals surface area contributed by atoms with E-state index in [1.165, 1.54) is 6.08 Å². The van der Waals surface area contributed by atoms with Gasteiger partial charge in [-0.1, -0.05) is 18.2 Å². The highest BCUT2D eigenvalue weighted by Gasteiger charge is 2.18. The van der Waals surface area contributed by atoms with Gasteiger partial charge >= 0.3 is 0 Å². The standard InChI is InChI=1S/C14H26N2O4S/c1-5-6-7-9-14(17)15(2)10-12-16(3,4)11-8-13-21(18,19)20/h5-7,9H,8,10-13H2,1-4H3/p+1. The van der Waals surface area contributed by atoms with Gasteiger partial charge in [0.1, 0.15) is 0 Å². The second-order valence-corrected chi connectivity index (χ2v) is 7.24. The average molecular weight is 319 g/mol. The quantitative estimate of drug-likeness (QED) is 0.297. The number of rotatable bonds is 9. The van der Waals surface area contributed by atoms with E-state index >= 15 is 0 Å². The lowest BCUT2D eigenvalue weighted by Crippen LogP contribution is -2.46. The van der Waals surface area contributed by atoms with Crippen LogP contribution in [0.2, 0.25) is 0 Å². The van der Waals surface area contributed by atoms with Crippen LogP contribution in [-0.2, 0) is 14.9 Å². The number of hydrogen-bond donors (Lipinski definition) is 1. The molecule has 1 amide bonds. The van der Waals surface area contributed by atoms with Gasteiger partial charge in [-0.05, 0) is 6.92 Å². The largest absolute Gasteiger partial charge is 0.337 e. The SMILES string of the molecule is CC=CC=CC(=O)N(C)CC[N+](C)(C)CCCS(=O)(=O)O. The first-order chi connectivity index (χ1) is 9.57. The predicted octanol–water partition coefficient (Wildman–Crippen LogP) is 0.931. The fraction of sp³-hybridized carbons (Fsp3) is 0.643. The molecule has 0 spiro atoms. The second kappa shape index (κ2) is 8.96. The van der Waals surface area contributed by atoms with Crippen LogP contribution in [0.15, 0.2) is 24.3 Å². The zero-order chi connectivity index (χ0) is 16.5. The third-order valence-electron chi connectivity index (χ3n) is 3.13. The molecule has 0 saturated carbocycles. The summed E-state index contributed by atoms with van der Waals surface area (Å²) < 4.78 is 30.7. The van der Waals surface area contributed by atoms with E-state index in [9.17, 15) is 13.2 Å². The molecule has 0 rings (SSSR count). The zero-order valence-corrected chi connectivity index (χ0v) is 14.1. The van der Waals surface area contributed by atoms with Crippen molar-refractivity contribution in [3.8, 4) is 0 Å². The lowest BCUT2D eigenvalue weighted by Gasteiger charge is -2.31. The van der Waals surface area contributed by atoms with Crippen LogP contribution in [0.1, 0.15) is 13.3 Å². The first kappa shape index (κ1) is 19.8. The molecule has 0 bridgehead atoms. The van der Waals surface area contributed by atoms with Crippen LogP contribution < -0.4 is 0 Å². The van der Waals surface area contributed by atoms with Gasteiger partial charge in [0.25, 0.3) is 10.1 Å². The van der Waals surface area contributed by atoms with Gasteiger partial charge in [0, 0.05) is 19.5 Å². The van der Waals surface area contributed by atoms with Crippen molar-refractivity contribution >= 4 is 16.0 Å². The van der Waals surface area contributed by atoms with Crippen molar-refractivity contribution in [1.82, 2.24) is 4.90 Å². The molecule has 0 heterocycles. The molecule has 0 atom stereocenters. The van der Waals surface area contributed by atoms with Crippen molar-refractivity contribution < 1.29 is 22.2 Å². The molecule has 0 radical (unpaired) electrons. The number of hydrogen-bond acceptors (Lipinski definition) is 3. The number of allylic oxidation sites excluding steroid dienone is 3. The van der Waals surface area contributed by atoms with Gasteiger partial charge < -0.3 is 9.38 Å². The molecule has 0 aliphatic rings. The fourth-order valence-corrected chi connectivity index (χ4v) is 2.19. The smallest absolute Gasteiger partial charge is 0.265 e. The number of amides is 1. The van der Waals surface area contributed by atoms with Crippen LogP contribution in [0.3, 0.4) is 0 Å². The number of likely N-dealkylation sites (N-methyl/N-ethyl adjacent to an activating group) is 2. The molecule has 0 aromatic rings. The summed E-state index contributed by atoms with van der Waals surface area (Å²) in [5.74, 6) is -0.291. The molecule has 21 heavy (non-hydrogen) atoms. The Morgan fingerprint density at radius 1 is 1.24 bits per heavy atom. The molecule has 0 aliphatic carbocycles. The van der Waals surface area contributed by atoms with Gasteiger partial charge in [-0.2, -0.15) is 8.42 Å². The Hall–Kier alpha value is -1.18. The molecule has 0 aromatic heterocycles. The first-order valence-corrected chi connectivity index (χ1v) is 8.50. The first-order valence-electron chi connectivity index (χ1n) is 6.89. The van der Waals surface area contributed by atoms with Gasteiger partial charge in [-0.3, -0.25) is 9.35 Å². The van der Waals surface area contributed by atoms with Crippen LogP contribution in [0, 0.1) is 0 Å². The topological polar surface area (TPSA) is 74.7 Å². The molecular weight excluding hydrogens is 292 g/mol. The molecule has 7 heteroatoms. The Kier molecular flexibility index (Phi) is 8.46. The fourth-order valence-electron chi connectivity index (χ4n) is 1.69. The molecule has 0 aliphatic heterocycles. The summed E-state index contributed by atoms with van der Waals surface area (Å²) in [4.78, 5) is 13.4. The Morgan fingerprint density at radius 2 is 1.86 bits per heavy atom. The summed E-state index contributed by atoms with van der Waals surface area (Å²) in [5.41, 5.74) is 0. The summed E-state index contributed by atoms with van der Waals surface area (Å²) >= 11 is 0. The van der Waals surface area contributed by atoms with Gasteiger partial charge in [0.2, 0.25) is 5.91 Å². The molecule has 0 fully saturated rings. The minimum atomic E-state index is -3.89.